The van der Waals surface area contributed by atoms with Gasteiger partial charge in [-0.25, -0.2) is 8.42 Å². The second-order valence-corrected chi connectivity index (χ2v) is 8.48. The van der Waals surface area contributed by atoms with Crippen LogP contribution in [0.15, 0.2) is 71.6 Å². The Morgan fingerprint density at radius 1 is 0.893 bits per heavy atom. The minimum Gasteiger partial charge on any atom is -0.322 e. The SMILES string of the molecule is Cc1ccccc1NS(=O)(=O)c1ccc(C)c(C(=O)Nc2cccc(Cl)c2)c1. The summed E-state index contributed by atoms with van der Waals surface area (Å²) in [5, 5.41) is 3.23. The highest BCUT2D eigenvalue weighted by molar-refractivity contribution is 7.92. The normalized spacial score (nSPS) is 11.1. The van der Waals surface area contributed by atoms with Crippen LogP contribution in [0.2, 0.25) is 5.02 Å². The van der Waals surface area contributed by atoms with Gasteiger partial charge in [-0.2, -0.15) is 0 Å². The number of para-hydroxylation sites is 1. The van der Waals surface area contributed by atoms with Crippen molar-refractivity contribution in [2.24, 2.45) is 0 Å². The van der Waals surface area contributed by atoms with Crippen molar-refractivity contribution in [2.45, 2.75) is 18.7 Å². The Labute approximate surface area is 169 Å². The first-order chi connectivity index (χ1) is 13.3. The molecule has 0 aliphatic heterocycles. The van der Waals surface area contributed by atoms with Gasteiger partial charge in [0.2, 0.25) is 0 Å². The summed E-state index contributed by atoms with van der Waals surface area (Å²) in [5.41, 5.74) is 2.76. The molecule has 3 rings (SSSR count). The van der Waals surface area contributed by atoms with Gasteiger partial charge in [-0.15, -0.1) is 0 Å². The topological polar surface area (TPSA) is 75.3 Å². The average molecular weight is 415 g/mol. The molecule has 0 radical (unpaired) electrons. The van der Waals surface area contributed by atoms with Crippen LogP contribution >= 0.6 is 11.6 Å². The summed E-state index contributed by atoms with van der Waals surface area (Å²) in [4.78, 5) is 12.7. The molecule has 2 N–H and O–H groups in total. The van der Waals surface area contributed by atoms with Crippen LogP contribution in [0.25, 0.3) is 0 Å². The number of anilines is 2. The van der Waals surface area contributed by atoms with E-state index in [9.17, 15) is 13.2 Å². The lowest BCUT2D eigenvalue weighted by atomic mass is 10.1. The molecule has 0 fully saturated rings. The van der Waals surface area contributed by atoms with Crippen molar-refractivity contribution in [3.05, 3.63) is 88.4 Å². The Bertz CT molecular complexity index is 1140. The molecular weight excluding hydrogens is 396 g/mol. The molecule has 0 atom stereocenters. The molecule has 28 heavy (non-hydrogen) atoms. The van der Waals surface area contributed by atoms with E-state index in [1.54, 1.807) is 49.4 Å². The fraction of sp³-hybridized carbons (Fsp3) is 0.0952. The van der Waals surface area contributed by atoms with Crippen LogP contribution < -0.4 is 10.0 Å². The van der Waals surface area contributed by atoms with Crippen molar-refractivity contribution in [3.8, 4) is 0 Å². The monoisotopic (exact) mass is 414 g/mol. The number of benzene rings is 3. The molecule has 0 aromatic heterocycles. The molecule has 1 amide bonds. The fourth-order valence-electron chi connectivity index (χ4n) is 2.67. The molecule has 3 aromatic carbocycles. The zero-order chi connectivity index (χ0) is 20.3. The molecule has 0 heterocycles. The van der Waals surface area contributed by atoms with E-state index in [1.165, 1.54) is 12.1 Å². The van der Waals surface area contributed by atoms with E-state index >= 15 is 0 Å². The van der Waals surface area contributed by atoms with Gasteiger partial charge in [0.25, 0.3) is 15.9 Å². The Morgan fingerprint density at radius 2 is 1.64 bits per heavy atom. The highest BCUT2D eigenvalue weighted by Crippen LogP contribution is 2.22. The third kappa shape index (κ3) is 4.52. The lowest BCUT2D eigenvalue weighted by Gasteiger charge is -2.13. The summed E-state index contributed by atoms with van der Waals surface area (Å²) in [7, 11) is -3.84. The van der Waals surface area contributed by atoms with Crippen LogP contribution in [0.5, 0.6) is 0 Å². The van der Waals surface area contributed by atoms with Gasteiger partial charge in [0, 0.05) is 16.3 Å². The first kappa shape index (κ1) is 19.9. The maximum absolute atomic E-state index is 12.8. The molecule has 0 bridgehead atoms. The smallest absolute Gasteiger partial charge is 0.261 e. The van der Waals surface area contributed by atoms with Gasteiger partial charge in [0.1, 0.15) is 0 Å². The van der Waals surface area contributed by atoms with E-state index in [0.717, 1.165) is 5.56 Å². The number of hydrogen-bond donors (Lipinski definition) is 2. The summed E-state index contributed by atoms with van der Waals surface area (Å²) in [6, 6.07) is 18.3. The van der Waals surface area contributed by atoms with E-state index in [-0.39, 0.29) is 10.5 Å². The second-order valence-electron chi connectivity index (χ2n) is 6.36. The highest BCUT2D eigenvalue weighted by atomic mass is 35.5. The van der Waals surface area contributed by atoms with E-state index in [1.807, 2.05) is 19.1 Å². The lowest BCUT2D eigenvalue weighted by molar-refractivity contribution is 0.102. The third-order valence-electron chi connectivity index (χ3n) is 4.24. The molecule has 3 aromatic rings. The summed E-state index contributed by atoms with van der Waals surface area (Å²) < 4.78 is 28.1. The van der Waals surface area contributed by atoms with Gasteiger partial charge < -0.3 is 5.32 Å². The van der Waals surface area contributed by atoms with Crippen molar-refractivity contribution < 1.29 is 13.2 Å². The van der Waals surface area contributed by atoms with Crippen LogP contribution in [0.1, 0.15) is 21.5 Å². The number of nitrogens with one attached hydrogen (secondary N) is 2. The molecule has 0 saturated heterocycles. The molecule has 0 aliphatic carbocycles. The summed E-state index contributed by atoms with van der Waals surface area (Å²) in [5.74, 6) is -0.410. The first-order valence-corrected chi connectivity index (χ1v) is 10.4. The molecule has 0 aliphatic rings. The number of hydrogen-bond acceptors (Lipinski definition) is 3. The molecule has 0 unspecified atom stereocenters. The summed E-state index contributed by atoms with van der Waals surface area (Å²) in [6.07, 6.45) is 0. The van der Waals surface area contributed by atoms with Crippen molar-refractivity contribution >= 4 is 38.9 Å². The lowest BCUT2D eigenvalue weighted by Crippen LogP contribution is -2.17. The number of carbonyl (C=O) groups is 1. The standard InChI is InChI=1S/C21H19ClN2O3S/c1-14-10-11-18(28(26,27)24-20-9-4-3-6-15(20)2)13-19(14)21(25)23-17-8-5-7-16(22)12-17/h3-13,24H,1-2H3,(H,23,25). The van der Waals surface area contributed by atoms with Crippen molar-refractivity contribution in [1.29, 1.82) is 0 Å². The number of rotatable bonds is 5. The van der Waals surface area contributed by atoms with Crippen LogP contribution in [0, 0.1) is 13.8 Å². The minimum atomic E-state index is -3.84. The zero-order valence-electron chi connectivity index (χ0n) is 15.4. The Hall–Kier alpha value is -2.83. The molecule has 0 spiro atoms. The van der Waals surface area contributed by atoms with Gasteiger partial charge in [0.05, 0.1) is 10.6 Å². The van der Waals surface area contributed by atoms with E-state index < -0.39 is 15.9 Å². The Balaban J connectivity index is 1.90. The third-order valence-corrected chi connectivity index (χ3v) is 5.83. The van der Waals surface area contributed by atoms with Crippen LogP contribution in [-0.2, 0) is 10.0 Å². The van der Waals surface area contributed by atoms with E-state index in [2.05, 4.69) is 10.0 Å². The van der Waals surface area contributed by atoms with Crippen LogP contribution in [-0.4, -0.2) is 14.3 Å². The Kier molecular flexibility index (Phi) is 5.72. The first-order valence-electron chi connectivity index (χ1n) is 8.52. The zero-order valence-corrected chi connectivity index (χ0v) is 16.9. The predicted molar refractivity (Wildman–Crippen MR) is 113 cm³/mol. The number of amides is 1. The number of halogens is 1. The quantitative estimate of drug-likeness (QED) is 0.616. The van der Waals surface area contributed by atoms with Gasteiger partial charge in [0.15, 0.2) is 0 Å². The minimum absolute atomic E-state index is 0.0117. The predicted octanol–water partition coefficient (Wildman–Crippen LogP) is 5.01. The van der Waals surface area contributed by atoms with Crippen LogP contribution in [0.4, 0.5) is 11.4 Å². The number of sulfonamides is 1. The number of aryl methyl sites for hydroxylation is 2. The molecule has 0 saturated carbocycles. The van der Waals surface area contributed by atoms with E-state index in [4.69, 9.17) is 11.6 Å². The summed E-state index contributed by atoms with van der Waals surface area (Å²) in [6.45, 7) is 3.56. The number of carbonyl (C=O) groups excluding carboxylic acids is 1. The van der Waals surface area contributed by atoms with Gasteiger partial charge in [-0.1, -0.05) is 41.9 Å². The maximum atomic E-state index is 12.8. The second kappa shape index (κ2) is 8.04. The van der Waals surface area contributed by atoms with Crippen molar-refractivity contribution in [3.63, 3.8) is 0 Å². The Morgan fingerprint density at radius 3 is 2.36 bits per heavy atom. The molecule has 144 valence electrons. The van der Waals surface area contributed by atoms with Crippen molar-refractivity contribution in [1.82, 2.24) is 0 Å². The highest BCUT2D eigenvalue weighted by Gasteiger charge is 2.19. The summed E-state index contributed by atoms with van der Waals surface area (Å²) >= 11 is 5.94. The largest absolute Gasteiger partial charge is 0.322 e. The van der Waals surface area contributed by atoms with E-state index in [0.29, 0.717) is 22.0 Å². The molecular formula is C21H19ClN2O3S. The molecule has 7 heteroatoms. The maximum Gasteiger partial charge on any atom is 0.261 e. The fourth-order valence-corrected chi connectivity index (χ4v) is 4.02. The van der Waals surface area contributed by atoms with Crippen LogP contribution in [0.3, 0.4) is 0 Å². The van der Waals surface area contributed by atoms with Gasteiger partial charge in [-0.05, 0) is 61.4 Å². The van der Waals surface area contributed by atoms with Gasteiger partial charge >= 0.3 is 0 Å². The average Bonchev–Trinajstić information content (AvgIpc) is 2.63. The van der Waals surface area contributed by atoms with Crippen molar-refractivity contribution in [2.75, 3.05) is 10.0 Å². The molecule has 5 nitrogen and oxygen atoms in total. The van der Waals surface area contributed by atoms with Gasteiger partial charge in [-0.3, -0.25) is 9.52 Å².